The number of thiophene rings is 1. The number of nitrogens with one attached hydrogen (secondary N) is 1. The molecule has 1 amide bonds. The number of methoxy groups -OCH3 is 1. The van der Waals surface area contributed by atoms with Gasteiger partial charge in [0.2, 0.25) is 0 Å². The highest BCUT2D eigenvalue weighted by molar-refractivity contribution is 7.17. The summed E-state index contributed by atoms with van der Waals surface area (Å²) in [5, 5.41) is 5.67. The minimum atomic E-state index is -0.372. The Labute approximate surface area is 162 Å². The van der Waals surface area contributed by atoms with Crippen molar-refractivity contribution in [3.8, 4) is 0 Å². The molecule has 0 saturated heterocycles. The van der Waals surface area contributed by atoms with Crippen molar-refractivity contribution < 1.29 is 14.3 Å². The minimum Gasteiger partial charge on any atom is -0.465 e. The third-order valence-electron chi connectivity index (χ3n) is 5.05. The Balaban J connectivity index is 1.68. The van der Waals surface area contributed by atoms with Crippen molar-refractivity contribution in [1.82, 2.24) is 0 Å². The molecule has 27 heavy (non-hydrogen) atoms. The number of carbonyl (C=O) groups is 2. The number of amides is 1. The van der Waals surface area contributed by atoms with E-state index in [0.717, 1.165) is 42.0 Å². The summed E-state index contributed by atoms with van der Waals surface area (Å²) in [6.45, 7) is 0. The van der Waals surface area contributed by atoms with Crippen molar-refractivity contribution in [3.63, 3.8) is 0 Å². The average molecular weight is 379 g/mol. The second kappa shape index (κ2) is 7.53. The summed E-state index contributed by atoms with van der Waals surface area (Å²) in [4.78, 5) is 26.4. The summed E-state index contributed by atoms with van der Waals surface area (Å²) in [6.07, 6.45) is 5.16. The van der Waals surface area contributed by atoms with E-state index in [1.54, 1.807) is 0 Å². The van der Waals surface area contributed by atoms with Crippen molar-refractivity contribution in [2.45, 2.75) is 32.1 Å². The van der Waals surface area contributed by atoms with E-state index in [0.29, 0.717) is 16.1 Å². The van der Waals surface area contributed by atoms with Crippen molar-refractivity contribution in [2.75, 3.05) is 12.4 Å². The van der Waals surface area contributed by atoms with E-state index in [2.05, 4.69) is 5.32 Å². The van der Waals surface area contributed by atoms with Crippen LogP contribution in [0.1, 0.15) is 50.4 Å². The van der Waals surface area contributed by atoms with Crippen LogP contribution in [-0.2, 0) is 17.6 Å². The lowest BCUT2D eigenvalue weighted by Crippen LogP contribution is -2.14. The summed E-state index contributed by atoms with van der Waals surface area (Å²) in [5.74, 6) is -0.578. The van der Waals surface area contributed by atoms with Crippen molar-refractivity contribution >= 4 is 39.0 Å². The van der Waals surface area contributed by atoms with Gasteiger partial charge in [0.05, 0.1) is 12.7 Å². The predicted octanol–water partition coefficient (Wildman–Crippen LogP) is 5.21. The largest absolute Gasteiger partial charge is 0.465 e. The van der Waals surface area contributed by atoms with E-state index >= 15 is 0 Å². The van der Waals surface area contributed by atoms with Crippen molar-refractivity contribution in [1.29, 1.82) is 0 Å². The Kier molecular flexibility index (Phi) is 4.94. The number of hydrogen-bond donors (Lipinski definition) is 1. The number of ether oxygens (including phenoxy) is 1. The number of aryl methyl sites for hydroxylation is 1. The summed E-state index contributed by atoms with van der Waals surface area (Å²) < 4.78 is 5.00. The SMILES string of the molecule is COC(=O)c1c(NC(=O)c2ccc3ccccc3c2)sc2c1CCCCC2. The molecule has 3 aromatic rings. The molecule has 0 spiro atoms. The van der Waals surface area contributed by atoms with E-state index in [4.69, 9.17) is 4.74 Å². The summed E-state index contributed by atoms with van der Waals surface area (Å²) in [7, 11) is 1.39. The van der Waals surface area contributed by atoms with Gasteiger partial charge in [-0.25, -0.2) is 4.79 Å². The Morgan fingerprint density at radius 1 is 1.00 bits per heavy atom. The molecule has 1 aromatic heterocycles. The van der Waals surface area contributed by atoms with Crippen LogP contribution < -0.4 is 5.32 Å². The third-order valence-corrected chi connectivity index (χ3v) is 6.26. The number of rotatable bonds is 3. The van der Waals surface area contributed by atoms with Crippen molar-refractivity contribution in [2.24, 2.45) is 0 Å². The first kappa shape index (κ1) is 17.7. The van der Waals surface area contributed by atoms with E-state index < -0.39 is 0 Å². The Morgan fingerprint density at radius 3 is 2.59 bits per heavy atom. The molecule has 2 aromatic carbocycles. The van der Waals surface area contributed by atoms with Gasteiger partial charge in [-0.05, 0) is 54.2 Å². The molecule has 5 heteroatoms. The van der Waals surface area contributed by atoms with Crippen LogP contribution >= 0.6 is 11.3 Å². The quantitative estimate of drug-likeness (QED) is 0.502. The Hall–Kier alpha value is -2.66. The zero-order valence-electron chi connectivity index (χ0n) is 15.2. The summed E-state index contributed by atoms with van der Waals surface area (Å²) in [6, 6.07) is 13.6. The molecule has 1 aliphatic carbocycles. The topological polar surface area (TPSA) is 55.4 Å². The Morgan fingerprint density at radius 2 is 1.78 bits per heavy atom. The van der Waals surface area contributed by atoms with Crippen LogP contribution in [0.25, 0.3) is 10.8 Å². The van der Waals surface area contributed by atoms with Crippen LogP contribution in [0.2, 0.25) is 0 Å². The van der Waals surface area contributed by atoms with Gasteiger partial charge < -0.3 is 10.1 Å². The van der Waals surface area contributed by atoms with Gasteiger partial charge in [-0.1, -0.05) is 36.8 Å². The number of carbonyl (C=O) groups excluding carboxylic acids is 2. The lowest BCUT2D eigenvalue weighted by molar-refractivity contribution is 0.0601. The Bertz CT molecular complexity index is 1020. The zero-order chi connectivity index (χ0) is 18.8. The van der Waals surface area contributed by atoms with Crippen molar-refractivity contribution in [3.05, 3.63) is 64.0 Å². The van der Waals surface area contributed by atoms with Gasteiger partial charge in [-0.2, -0.15) is 0 Å². The van der Waals surface area contributed by atoms with Gasteiger partial charge in [0.25, 0.3) is 5.91 Å². The van der Waals surface area contributed by atoms with Gasteiger partial charge in [-0.15, -0.1) is 11.3 Å². The fourth-order valence-corrected chi connectivity index (χ4v) is 4.93. The molecule has 0 aliphatic heterocycles. The fraction of sp³-hybridized carbons (Fsp3) is 0.273. The van der Waals surface area contributed by atoms with Gasteiger partial charge >= 0.3 is 5.97 Å². The molecule has 0 saturated carbocycles. The number of anilines is 1. The molecule has 0 unspecified atom stereocenters. The van der Waals surface area contributed by atoms with E-state index in [9.17, 15) is 9.59 Å². The van der Waals surface area contributed by atoms with Crippen LogP contribution in [0.5, 0.6) is 0 Å². The van der Waals surface area contributed by atoms with E-state index in [-0.39, 0.29) is 11.9 Å². The molecule has 4 nitrogen and oxygen atoms in total. The second-order valence-corrected chi connectivity index (χ2v) is 7.88. The first-order chi connectivity index (χ1) is 13.2. The maximum atomic E-state index is 12.8. The number of hydrogen-bond acceptors (Lipinski definition) is 4. The smallest absolute Gasteiger partial charge is 0.341 e. The molecule has 138 valence electrons. The number of fused-ring (bicyclic) bond motifs is 2. The lowest BCUT2D eigenvalue weighted by Gasteiger charge is -2.08. The minimum absolute atomic E-state index is 0.206. The molecule has 1 N–H and O–H groups in total. The van der Waals surface area contributed by atoms with Crippen LogP contribution in [0.4, 0.5) is 5.00 Å². The van der Waals surface area contributed by atoms with Crippen LogP contribution in [0.3, 0.4) is 0 Å². The highest BCUT2D eigenvalue weighted by Gasteiger charge is 2.26. The number of esters is 1. The van der Waals surface area contributed by atoms with Gasteiger partial charge in [0, 0.05) is 10.4 Å². The van der Waals surface area contributed by atoms with Gasteiger partial charge in [0.15, 0.2) is 0 Å². The van der Waals surface area contributed by atoms with Crippen LogP contribution in [0, 0.1) is 0 Å². The molecule has 0 radical (unpaired) electrons. The molecule has 0 bridgehead atoms. The zero-order valence-corrected chi connectivity index (χ0v) is 16.0. The normalized spacial score (nSPS) is 13.7. The number of benzene rings is 2. The third kappa shape index (κ3) is 3.47. The monoisotopic (exact) mass is 379 g/mol. The van der Waals surface area contributed by atoms with E-state index in [1.165, 1.54) is 29.7 Å². The maximum absolute atomic E-state index is 12.8. The van der Waals surface area contributed by atoms with Crippen LogP contribution in [0.15, 0.2) is 42.5 Å². The van der Waals surface area contributed by atoms with Gasteiger partial charge in [-0.3, -0.25) is 4.79 Å². The highest BCUT2D eigenvalue weighted by Crippen LogP contribution is 2.38. The maximum Gasteiger partial charge on any atom is 0.341 e. The van der Waals surface area contributed by atoms with E-state index in [1.807, 2.05) is 42.5 Å². The first-order valence-corrected chi connectivity index (χ1v) is 10.0. The molecule has 1 aliphatic rings. The first-order valence-electron chi connectivity index (χ1n) is 9.20. The molecular formula is C22H21NO3S. The molecule has 4 rings (SSSR count). The standard InChI is InChI=1S/C22H21NO3S/c1-26-22(25)19-17-9-3-2-4-10-18(17)27-21(19)23-20(24)16-12-11-14-7-5-6-8-15(14)13-16/h5-8,11-13H,2-4,9-10H2,1H3,(H,23,24). The summed E-state index contributed by atoms with van der Waals surface area (Å²) >= 11 is 1.51. The molecule has 0 atom stereocenters. The molecule has 1 heterocycles. The lowest BCUT2D eigenvalue weighted by atomic mass is 10.0. The fourth-order valence-electron chi connectivity index (χ4n) is 3.65. The average Bonchev–Trinajstić information content (AvgIpc) is 2.87. The molecule has 0 fully saturated rings. The summed E-state index contributed by atoms with van der Waals surface area (Å²) in [5.41, 5.74) is 2.17. The molecular weight excluding hydrogens is 358 g/mol. The van der Waals surface area contributed by atoms with Gasteiger partial charge in [0.1, 0.15) is 5.00 Å². The predicted molar refractivity (Wildman–Crippen MR) is 109 cm³/mol. The highest BCUT2D eigenvalue weighted by atomic mass is 32.1. The van der Waals surface area contributed by atoms with Crippen LogP contribution in [-0.4, -0.2) is 19.0 Å². The second-order valence-electron chi connectivity index (χ2n) is 6.78.